The van der Waals surface area contributed by atoms with Gasteiger partial charge >= 0.3 is 5.97 Å². The predicted octanol–water partition coefficient (Wildman–Crippen LogP) is 4.64. The lowest BCUT2D eigenvalue weighted by Crippen LogP contribution is -2.19. The number of carbonyl (C=O) groups excluding carboxylic acids is 1. The molecule has 3 aromatic rings. The van der Waals surface area contributed by atoms with E-state index in [1.807, 2.05) is 19.9 Å². The SMILES string of the molecule is CCOc1cccc(Oc2cc(O[C@@H](C)COC)cc(C(=O)Nc3ccc(C(=O)O)cn3)c2)c1. The Morgan fingerprint density at radius 1 is 1.00 bits per heavy atom. The minimum atomic E-state index is -1.10. The van der Waals surface area contributed by atoms with Gasteiger partial charge in [-0.3, -0.25) is 4.79 Å². The van der Waals surface area contributed by atoms with Gasteiger partial charge in [-0.2, -0.15) is 0 Å². The first-order chi connectivity index (χ1) is 16.4. The van der Waals surface area contributed by atoms with Crippen molar-refractivity contribution in [1.82, 2.24) is 4.98 Å². The number of aromatic carboxylic acids is 1. The van der Waals surface area contributed by atoms with Crippen molar-refractivity contribution in [3.63, 3.8) is 0 Å². The highest BCUT2D eigenvalue weighted by Gasteiger charge is 2.14. The maximum Gasteiger partial charge on any atom is 0.337 e. The van der Waals surface area contributed by atoms with Crippen LogP contribution in [0.25, 0.3) is 0 Å². The average Bonchev–Trinajstić information content (AvgIpc) is 2.80. The second kappa shape index (κ2) is 11.7. The molecule has 0 spiro atoms. The molecule has 0 radical (unpaired) electrons. The van der Waals surface area contributed by atoms with E-state index in [2.05, 4.69) is 10.3 Å². The lowest BCUT2D eigenvalue weighted by Gasteiger charge is -2.16. The Morgan fingerprint density at radius 3 is 2.41 bits per heavy atom. The van der Waals surface area contributed by atoms with Crippen LogP contribution in [0.15, 0.2) is 60.8 Å². The van der Waals surface area contributed by atoms with E-state index in [1.54, 1.807) is 43.5 Å². The number of carboxylic acid groups (broad SMARTS) is 1. The van der Waals surface area contributed by atoms with Crippen molar-refractivity contribution in [3.8, 4) is 23.0 Å². The fourth-order valence-electron chi connectivity index (χ4n) is 3.04. The molecule has 1 aromatic heterocycles. The third-order valence-corrected chi connectivity index (χ3v) is 4.49. The fraction of sp³-hybridized carbons (Fsp3) is 0.240. The van der Waals surface area contributed by atoms with Crippen molar-refractivity contribution in [1.29, 1.82) is 0 Å². The van der Waals surface area contributed by atoms with Gasteiger partial charge in [-0.25, -0.2) is 9.78 Å². The Hall–Kier alpha value is -4.11. The number of carbonyl (C=O) groups is 2. The van der Waals surface area contributed by atoms with E-state index in [0.29, 0.717) is 36.2 Å². The van der Waals surface area contributed by atoms with Crippen LogP contribution in [0.5, 0.6) is 23.0 Å². The molecule has 1 heterocycles. The minimum absolute atomic E-state index is 0.0190. The molecule has 3 rings (SSSR count). The molecule has 1 amide bonds. The van der Waals surface area contributed by atoms with Crippen LogP contribution in [0.4, 0.5) is 5.82 Å². The number of nitrogens with zero attached hydrogens (tertiary/aromatic N) is 1. The maximum atomic E-state index is 12.9. The van der Waals surface area contributed by atoms with E-state index in [9.17, 15) is 9.59 Å². The van der Waals surface area contributed by atoms with E-state index in [4.69, 9.17) is 24.1 Å². The highest BCUT2D eigenvalue weighted by Crippen LogP contribution is 2.30. The average molecular weight is 466 g/mol. The lowest BCUT2D eigenvalue weighted by atomic mass is 10.1. The zero-order valence-corrected chi connectivity index (χ0v) is 19.1. The lowest BCUT2D eigenvalue weighted by molar-refractivity contribution is 0.0696. The predicted molar refractivity (Wildman–Crippen MR) is 125 cm³/mol. The number of hydrogen-bond donors (Lipinski definition) is 2. The summed E-state index contributed by atoms with van der Waals surface area (Å²) < 4.78 is 22.5. The standard InChI is InChI=1S/C25H26N2O7/c1-4-32-19-6-5-7-20(12-19)34-22-11-18(10-21(13-22)33-16(2)15-31-3)24(28)27-23-9-8-17(14-26-23)25(29)30/h5-14,16H,4,15H2,1-3H3,(H,29,30)(H,26,27,28)/t16-/m0/s1. The molecule has 0 fully saturated rings. The summed E-state index contributed by atoms with van der Waals surface area (Å²) in [6, 6.07) is 14.8. The number of anilines is 1. The van der Waals surface area contributed by atoms with Gasteiger partial charge in [0.2, 0.25) is 0 Å². The Labute approximate surface area is 197 Å². The summed E-state index contributed by atoms with van der Waals surface area (Å²) in [5.41, 5.74) is 0.285. The quantitative estimate of drug-likeness (QED) is 0.420. The van der Waals surface area contributed by atoms with Crippen molar-refractivity contribution >= 4 is 17.7 Å². The summed E-state index contributed by atoms with van der Waals surface area (Å²) in [6.45, 7) is 4.62. The molecule has 0 saturated heterocycles. The summed E-state index contributed by atoms with van der Waals surface area (Å²) >= 11 is 0. The van der Waals surface area contributed by atoms with Gasteiger partial charge in [-0.15, -0.1) is 0 Å². The van der Waals surface area contributed by atoms with Gasteiger partial charge in [0, 0.05) is 31.0 Å². The van der Waals surface area contributed by atoms with E-state index in [1.165, 1.54) is 18.3 Å². The van der Waals surface area contributed by atoms with Gasteiger partial charge in [-0.1, -0.05) is 6.07 Å². The van der Waals surface area contributed by atoms with Crippen LogP contribution in [-0.2, 0) is 4.74 Å². The molecule has 2 aromatic carbocycles. The van der Waals surface area contributed by atoms with Crippen LogP contribution >= 0.6 is 0 Å². The molecular formula is C25H26N2O7. The number of aromatic nitrogens is 1. The molecule has 0 saturated carbocycles. The van der Waals surface area contributed by atoms with E-state index >= 15 is 0 Å². The van der Waals surface area contributed by atoms with Crippen LogP contribution in [0.2, 0.25) is 0 Å². The second-order valence-corrected chi connectivity index (χ2v) is 7.28. The molecule has 178 valence electrons. The number of pyridine rings is 1. The van der Waals surface area contributed by atoms with Crippen LogP contribution in [0.3, 0.4) is 0 Å². The molecule has 9 heteroatoms. The Morgan fingerprint density at radius 2 is 1.74 bits per heavy atom. The first-order valence-electron chi connectivity index (χ1n) is 10.6. The van der Waals surface area contributed by atoms with E-state index in [-0.39, 0.29) is 23.0 Å². The molecule has 1 atom stereocenters. The smallest absolute Gasteiger partial charge is 0.337 e. The first kappa shape index (κ1) is 24.5. The van der Waals surface area contributed by atoms with E-state index < -0.39 is 11.9 Å². The van der Waals surface area contributed by atoms with Crippen molar-refractivity contribution in [2.75, 3.05) is 25.6 Å². The number of ether oxygens (including phenoxy) is 4. The normalized spacial score (nSPS) is 11.4. The number of hydrogen-bond acceptors (Lipinski definition) is 7. The van der Waals surface area contributed by atoms with Gasteiger partial charge in [0.15, 0.2) is 0 Å². The van der Waals surface area contributed by atoms with Crippen LogP contribution in [0, 0.1) is 0 Å². The van der Waals surface area contributed by atoms with Crippen molar-refractivity contribution in [2.45, 2.75) is 20.0 Å². The minimum Gasteiger partial charge on any atom is -0.494 e. The summed E-state index contributed by atoms with van der Waals surface area (Å²) in [5, 5.41) is 11.7. The van der Waals surface area contributed by atoms with E-state index in [0.717, 1.165) is 0 Å². The highest BCUT2D eigenvalue weighted by molar-refractivity contribution is 6.04. The summed E-state index contributed by atoms with van der Waals surface area (Å²) in [4.78, 5) is 27.9. The zero-order chi connectivity index (χ0) is 24.5. The van der Waals surface area contributed by atoms with Crippen LogP contribution in [0.1, 0.15) is 34.6 Å². The summed E-state index contributed by atoms with van der Waals surface area (Å²) in [6.07, 6.45) is 0.909. The van der Waals surface area contributed by atoms with Crippen LogP contribution in [-0.4, -0.2) is 48.4 Å². The van der Waals surface area contributed by atoms with Gasteiger partial charge in [-0.05, 0) is 50.2 Å². The Kier molecular flexibility index (Phi) is 8.42. The molecule has 0 unspecified atom stereocenters. The second-order valence-electron chi connectivity index (χ2n) is 7.28. The molecule has 9 nitrogen and oxygen atoms in total. The van der Waals surface area contributed by atoms with Crippen molar-refractivity contribution in [3.05, 3.63) is 71.9 Å². The molecular weight excluding hydrogens is 440 g/mol. The fourth-order valence-corrected chi connectivity index (χ4v) is 3.04. The Bertz CT molecular complexity index is 1130. The van der Waals surface area contributed by atoms with Gasteiger partial charge in [0.1, 0.15) is 34.9 Å². The summed E-state index contributed by atoms with van der Waals surface area (Å²) in [5.74, 6) is 0.641. The largest absolute Gasteiger partial charge is 0.494 e. The maximum absolute atomic E-state index is 12.9. The van der Waals surface area contributed by atoms with Crippen molar-refractivity contribution < 1.29 is 33.6 Å². The van der Waals surface area contributed by atoms with Gasteiger partial charge in [0.25, 0.3) is 5.91 Å². The highest BCUT2D eigenvalue weighted by atomic mass is 16.5. The molecule has 0 aliphatic heterocycles. The monoisotopic (exact) mass is 466 g/mol. The van der Waals surface area contributed by atoms with Crippen molar-refractivity contribution in [2.24, 2.45) is 0 Å². The molecule has 0 aliphatic carbocycles. The number of methoxy groups -OCH3 is 1. The number of nitrogens with one attached hydrogen (secondary N) is 1. The van der Waals surface area contributed by atoms with Gasteiger partial charge in [0.05, 0.1) is 18.8 Å². The summed E-state index contributed by atoms with van der Waals surface area (Å²) in [7, 11) is 1.58. The topological polar surface area (TPSA) is 116 Å². The number of benzene rings is 2. The number of amides is 1. The third kappa shape index (κ3) is 6.94. The number of rotatable bonds is 11. The zero-order valence-electron chi connectivity index (χ0n) is 19.1. The molecule has 34 heavy (non-hydrogen) atoms. The molecule has 0 aliphatic rings. The first-order valence-corrected chi connectivity index (χ1v) is 10.6. The van der Waals surface area contributed by atoms with Crippen LogP contribution < -0.4 is 19.5 Å². The molecule has 0 bridgehead atoms. The Balaban J connectivity index is 1.86. The van der Waals surface area contributed by atoms with Gasteiger partial charge < -0.3 is 29.4 Å². The molecule has 2 N–H and O–H groups in total. The number of carboxylic acids is 1. The third-order valence-electron chi connectivity index (χ3n) is 4.49.